The van der Waals surface area contributed by atoms with Crippen molar-refractivity contribution in [2.75, 3.05) is 13.2 Å². The molecule has 2 unspecified atom stereocenters. The summed E-state index contributed by atoms with van der Waals surface area (Å²) in [6.07, 6.45) is 17.7. The van der Waals surface area contributed by atoms with Crippen LogP contribution in [0.25, 0.3) is 0 Å². The third kappa shape index (κ3) is 3.33. The first-order chi connectivity index (χ1) is 19.1. The highest BCUT2D eigenvalue weighted by Gasteiger charge is 2.86. The topological polar surface area (TPSA) is 18.5 Å². The molecule has 0 radical (unpaired) electrons. The Labute approximate surface area is 236 Å². The highest BCUT2D eigenvalue weighted by Crippen LogP contribution is 2.93. The number of ether oxygens (including phenoxy) is 2. The summed E-state index contributed by atoms with van der Waals surface area (Å²) in [5.41, 5.74) is 5.46. The first-order valence-electron chi connectivity index (χ1n) is 16.5. The van der Waals surface area contributed by atoms with Gasteiger partial charge in [0.25, 0.3) is 0 Å². The van der Waals surface area contributed by atoms with Gasteiger partial charge in [-0.25, -0.2) is 0 Å². The Morgan fingerprint density at radius 1 is 0.590 bits per heavy atom. The third-order valence-corrected chi connectivity index (χ3v) is 13.3. The van der Waals surface area contributed by atoms with E-state index in [9.17, 15) is 0 Å². The largest absolute Gasteiger partial charge is 0.494 e. The first-order valence-corrected chi connectivity index (χ1v) is 16.5. The molecule has 4 atom stereocenters. The minimum atomic E-state index is 0.443. The van der Waals surface area contributed by atoms with Crippen molar-refractivity contribution in [3.05, 3.63) is 59.7 Å². The van der Waals surface area contributed by atoms with E-state index in [2.05, 4.69) is 62.4 Å². The molecule has 0 heterocycles. The molecular weight excluding hydrogens is 476 g/mol. The minimum absolute atomic E-state index is 0.443. The number of benzene rings is 2. The summed E-state index contributed by atoms with van der Waals surface area (Å²) in [6, 6.07) is 19.0. The van der Waals surface area contributed by atoms with Gasteiger partial charge in [0.05, 0.1) is 13.2 Å². The van der Waals surface area contributed by atoms with Crippen LogP contribution in [0, 0.1) is 34.5 Å². The number of hydrogen-bond acceptors (Lipinski definition) is 2. The molecule has 39 heavy (non-hydrogen) atoms. The summed E-state index contributed by atoms with van der Waals surface area (Å²) in [6.45, 7) is 6.22. The highest BCUT2D eigenvalue weighted by atomic mass is 16.5. The average molecular weight is 525 g/mol. The predicted molar refractivity (Wildman–Crippen MR) is 157 cm³/mol. The number of hydrogen-bond donors (Lipinski definition) is 0. The van der Waals surface area contributed by atoms with E-state index in [1.807, 2.05) is 0 Å². The lowest BCUT2D eigenvalue weighted by molar-refractivity contribution is -0.398. The fourth-order valence-corrected chi connectivity index (χ4v) is 12.2. The second-order valence-corrected chi connectivity index (χ2v) is 15.0. The van der Waals surface area contributed by atoms with Crippen molar-refractivity contribution in [1.29, 1.82) is 0 Å². The summed E-state index contributed by atoms with van der Waals surface area (Å²) in [7, 11) is 0. The molecule has 11 rings (SSSR count). The van der Waals surface area contributed by atoms with Crippen molar-refractivity contribution in [2.24, 2.45) is 34.5 Å². The molecule has 0 amide bonds. The Morgan fingerprint density at radius 3 is 1.62 bits per heavy atom. The van der Waals surface area contributed by atoms with Crippen molar-refractivity contribution in [3.63, 3.8) is 0 Å². The van der Waals surface area contributed by atoms with Crippen LogP contribution in [0.5, 0.6) is 11.5 Å². The van der Waals surface area contributed by atoms with Gasteiger partial charge in [0.1, 0.15) is 11.5 Å². The zero-order valence-electron chi connectivity index (χ0n) is 24.4. The molecule has 2 spiro atoms. The van der Waals surface area contributed by atoms with E-state index in [-0.39, 0.29) is 0 Å². The lowest BCUT2D eigenvalue weighted by Crippen LogP contribution is -2.85. The molecule has 0 saturated heterocycles. The van der Waals surface area contributed by atoms with Crippen LogP contribution in [0.1, 0.15) is 108 Å². The Balaban J connectivity index is 1.01. The first kappa shape index (κ1) is 24.8. The maximum Gasteiger partial charge on any atom is 0.119 e. The monoisotopic (exact) mass is 524 g/mol. The van der Waals surface area contributed by atoms with E-state index < -0.39 is 0 Å². The molecule has 2 aromatic rings. The molecule has 2 nitrogen and oxygen atoms in total. The second kappa shape index (κ2) is 8.77. The lowest BCUT2D eigenvalue weighted by atomic mass is 9.13. The van der Waals surface area contributed by atoms with E-state index >= 15 is 0 Å². The van der Waals surface area contributed by atoms with E-state index in [0.29, 0.717) is 21.7 Å². The van der Waals surface area contributed by atoms with Gasteiger partial charge in [0, 0.05) is 0 Å². The van der Waals surface area contributed by atoms with Gasteiger partial charge in [-0.2, -0.15) is 0 Å². The van der Waals surface area contributed by atoms with Gasteiger partial charge in [-0.3, -0.25) is 0 Å². The van der Waals surface area contributed by atoms with Crippen LogP contribution in [0.15, 0.2) is 48.5 Å². The quantitative estimate of drug-likeness (QED) is 0.258. The van der Waals surface area contributed by atoms with Crippen molar-refractivity contribution in [1.82, 2.24) is 0 Å². The molecule has 9 aliphatic carbocycles. The molecule has 9 aliphatic rings. The summed E-state index contributed by atoms with van der Waals surface area (Å²) in [5.74, 6) is 6.03. The number of rotatable bonds is 12. The van der Waals surface area contributed by atoms with Crippen molar-refractivity contribution in [2.45, 2.75) is 108 Å². The maximum atomic E-state index is 6.08. The van der Waals surface area contributed by atoms with E-state index in [0.717, 1.165) is 61.2 Å². The average Bonchev–Trinajstić information content (AvgIpc) is 2.96. The second-order valence-electron chi connectivity index (χ2n) is 15.0. The molecule has 8 bridgehead atoms. The molecule has 2 aromatic carbocycles. The molecule has 0 aliphatic heterocycles. The van der Waals surface area contributed by atoms with Crippen LogP contribution in [0.2, 0.25) is 0 Å². The Kier molecular flexibility index (Phi) is 5.58. The van der Waals surface area contributed by atoms with Gasteiger partial charge >= 0.3 is 0 Å². The van der Waals surface area contributed by atoms with Crippen LogP contribution >= 0.6 is 0 Å². The number of unbranched alkanes of at least 4 members (excludes halogenated alkanes) is 4. The standard InChI is InChI=1S/C37H48O2/c1-3-5-7-17-38-28-13-9-26(10-14-28)34-20-31-30-19-35(27-11-15-29(16-12-27)39-18-8-6-4-2)23-36(31)25-37(24-35,32(30)21-34)33(36)22-34/h9-16,30-33H,3-8,17-25H2,1-2H3/t30?,31-,32-,33?,34?,35?,36?,37?/m1/s1. The Bertz CT molecular complexity index is 1160. The fraction of sp³-hybridized carbons (Fsp3) is 0.676. The zero-order valence-corrected chi connectivity index (χ0v) is 24.4. The van der Waals surface area contributed by atoms with E-state index in [4.69, 9.17) is 9.47 Å². The maximum absolute atomic E-state index is 6.08. The van der Waals surface area contributed by atoms with Crippen LogP contribution < -0.4 is 9.47 Å². The van der Waals surface area contributed by atoms with Gasteiger partial charge in [0.2, 0.25) is 0 Å². The zero-order chi connectivity index (χ0) is 26.3. The van der Waals surface area contributed by atoms with Crippen LogP contribution in [-0.2, 0) is 10.8 Å². The third-order valence-electron chi connectivity index (χ3n) is 13.3. The fourth-order valence-electron chi connectivity index (χ4n) is 12.2. The van der Waals surface area contributed by atoms with Crippen molar-refractivity contribution < 1.29 is 9.47 Å². The normalized spacial score (nSPS) is 41.6. The van der Waals surface area contributed by atoms with Crippen LogP contribution in [0.3, 0.4) is 0 Å². The molecule has 0 aromatic heterocycles. The van der Waals surface area contributed by atoms with Crippen LogP contribution in [0.4, 0.5) is 0 Å². The molecule has 9 saturated carbocycles. The summed E-state index contributed by atoms with van der Waals surface area (Å²) in [5, 5.41) is 0. The van der Waals surface area contributed by atoms with E-state index in [1.165, 1.54) is 64.2 Å². The van der Waals surface area contributed by atoms with Gasteiger partial charge in [-0.15, -0.1) is 0 Å². The smallest absolute Gasteiger partial charge is 0.119 e. The lowest BCUT2D eigenvalue weighted by Gasteiger charge is -2.91. The molecule has 9 fully saturated rings. The van der Waals surface area contributed by atoms with Crippen molar-refractivity contribution >= 4 is 0 Å². The Morgan fingerprint density at radius 2 is 1.10 bits per heavy atom. The van der Waals surface area contributed by atoms with Gasteiger partial charge in [-0.1, -0.05) is 63.8 Å². The van der Waals surface area contributed by atoms with Crippen molar-refractivity contribution in [3.8, 4) is 11.5 Å². The SMILES string of the molecule is CCCCCOc1ccc(C23CC4C56CC7(c8ccc(OCCCCC)cc8)CC([C@H]5C2)[C@@H](C3)C4(C7)C6)cc1. The van der Waals surface area contributed by atoms with Gasteiger partial charge in [-0.05, 0) is 139 Å². The van der Waals surface area contributed by atoms with E-state index in [1.54, 1.807) is 17.5 Å². The Hall–Kier alpha value is -1.96. The highest BCUT2D eigenvalue weighted by molar-refractivity contribution is 5.46. The predicted octanol–water partition coefficient (Wildman–Crippen LogP) is 9.25. The van der Waals surface area contributed by atoms with Crippen LogP contribution in [-0.4, -0.2) is 13.2 Å². The molecule has 208 valence electrons. The molecular formula is C37H48O2. The molecule has 0 N–H and O–H groups in total. The summed E-state index contributed by atoms with van der Waals surface area (Å²) >= 11 is 0. The van der Waals surface area contributed by atoms with Gasteiger partial charge in [0.15, 0.2) is 0 Å². The minimum Gasteiger partial charge on any atom is -0.494 e. The molecule has 2 heteroatoms. The summed E-state index contributed by atoms with van der Waals surface area (Å²) in [4.78, 5) is 0. The summed E-state index contributed by atoms with van der Waals surface area (Å²) < 4.78 is 12.1. The van der Waals surface area contributed by atoms with Gasteiger partial charge < -0.3 is 9.47 Å².